The molecule has 1 aromatic rings. The number of anilines is 2. The van der Waals surface area contributed by atoms with E-state index < -0.39 is 0 Å². The minimum atomic E-state index is 0.279. The van der Waals surface area contributed by atoms with Gasteiger partial charge in [-0.2, -0.15) is 0 Å². The first-order valence-corrected chi connectivity index (χ1v) is 7.03. The van der Waals surface area contributed by atoms with Crippen molar-refractivity contribution in [1.29, 1.82) is 0 Å². The Morgan fingerprint density at radius 2 is 2.21 bits per heavy atom. The first-order chi connectivity index (χ1) is 9.08. The average Bonchev–Trinajstić information content (AvgIpc) is 2.41. The summed E-state index contributed by atoms with van der Waals surface area (Å²) in [6, 6.07) is 0. The molecule has 0 bridgehead atoms. The van der Waals surface area contributed by atoms with Gasteiger partial charge in [-0.3, -0.25) is 0 Å². The van der Waals surface area contributed by atoms with Crippen LogP contribution < -0.4 is 11.1 Å². The van der Waals surface area contributed by atoms with E-state index >= 15 is 0 Å². The Morgan fingerprint density at radius 1 is 1.42 bits per heavy atom. The van der Waals surface area contributed by atoms with Gasteiger partial charge in [-0.1, -0.05) is 13.8 Å². The van der Waals surface area contributed by atoms with E-state index in [1.54, 1.807) is 0 Å². The number of nitrogen functional groups attached to an aromatic ring is 1. The minimum absolute atomic E-state index is 0.279. The fraction of sp³-hybridized carbons (Fsp3) is 0.714. The van der Waals surface area contributed by atoms with Gasteiger partial charge in [-0.15, -0.1) is 0 Å². The van der Waals surface area contributed by atoms with Crippen LogP contribution in [0.25, 0.3) is 0 Å². The highest BCUT2D eigenvalue weighted by molar-refractivity contribution is 5.54. The van der Waals surface area contributed by atoms with Crippen molar-refractivity contribution in [3.8, 4) is 0 Å². The van der Waals surface area contributed by atoms with Crippen LogP contribution in [0.15, 0.2) is 0 Å². The number of nitrogens with two attached hydrogens (primary N) is 1. The summed E-state index contributed by atoms with van der Waals surface area (Å²) in [4.78, 5) is 8.90. The largest absolute Gasteiger partial charge is 0.383 e. The zero-order valence-electron chi connectivity index (χ0n) is 12.1. The number of nitrogens with one attached hydrogen (secondary N) is 1. The van der Waals surface area contributed by atoms with Crippen molar-refractivity contribution in [2.75, 3.05) is 30.8 Å². The predicted molar refractivity (Wildman–Crippen MR) is 77.3 cm³/mol. The highest BCUT2D eigenvalue weighted by Gasteiger charge is 2.16. The van der Waals surface area contributed by atoms with E-state index in [1.165, 1.54) is 6.42 Å². The highest BCUT2D eigenvalue weighted by atomic mass is 16.5. The molecule has 0 saturated carbocycles. The molecule has 0 aliphatic carbocycles. The Hall–Kier alpha value is -1.36. The number of hydrogen-bond donors (Lipinski definition) is 2. The van der Waals surface area contributed by atoms with E-state index in [4.69, 9.17) is 10.5 Å². The summed E-state index contributed by atoms with van der Waals surface area (Å²) in [5.74, 6) is 3.07. The van der Waals surface area contributed by atoms with Crippen molar-refractivity contribution < 1.29 is 4.74 Å². The van der Waals surface area contributed by atoms with Gasteiger partial charge in [0.15, 0.2) is 0 Å². The summed E-state index contributed by atoms with van der Waals surface area (Å²) in [6.07, 6.45) is 2.36. The molecule has 1 aliphatic rings. The Kier molecular flexibility index (Phi) is 4.58. The van der Waals surface area contributed by atoms with Crippen molar-refractivity contribution in [3.05, 3.63) is 11.4 Å². The van der Waals surface area contributed by atoms with Gasteiger partial charge in [-0.25, -0.2) is 9.97 Å². The molecule has 106 valence electrons. The zero-order chi connectivity index (χ0) is 13.8. The standard InChI is InChI=1S/C14H24N4O/c1-9(2)13-17-12(15)10(3)14(18-13)16-7-11-5-4-6-19-8-11/h9,11H,4-8H2,1-3H3,(H3,15,16,17,18). The molecule has 1 saturated heterocycles. The first kappa shape index (κ1) is 14.1. The van der Waals surface area contributed by atoms with Crippen molar-refractivity contribution in [2.45, 2.75) is 39.5 Å². The molecule has 1 fully saturated rings. The summed E-state index contributed by atoms with van der Waals surface area (Å²) in [7, 11) is 0. The molecular formula is C14H24N4O. The fourth-order valence-corrected chi connectivity index (χ4v) is 2.19. The second-order valence-electron chi connectivity index (χ2n) is 5.56. The van der Waals surface area contributed by atoms with Crippen LogP contribution in [0.5, 0.6) is 0 Å². The van der Waals surface area contributed by atoms with Gasteiger partial charge in [0.1, 0.15) is 17.5 Å². The van der Waals surface area contributed by atoms with E-state index in [9.17, 15) is 0 Å². The normalized spacial score (nSPS) is 19.7. The van der Waals surface area contributed by atoms with Crippen LogP contribution in [0, 0.1) is 12.8 Å². The molecule has 2 heterocycles. The van der Waals surface area contributed by atoms with Crippen molar-refractivity contribution in [1.82, 2.24) is 9.97 Å². The van der Waals surface area contributed by atoms with Gasteiger partial charge in [0.05, 0.1) is 6.61 Å². The Morgan fingerprint density at radius 3 is 2.84 bits per heavy atom. The Balaban J connectivity index is 2.05. The molecular weight excluding hydrogens is 240 g/mol. The molecule has 2 rings (SSSR count). The summed E-state index contributed by atoms with van der Waals surface area (Å²) < 4.78 is 5.49. The smallest absolute Gasteiger partial charge is 0.135 e. The lowest BCUT2D eigenvalue weighted by Crippen LogP contribution is -2.25. The second-order valence-corrected chi connectivity index (χ2v) is 5.56. The van der Waals surface area contributed by atoms with Gasteiger partial charge in [0.25, 0.3) is 0 Å². The van der Waals surface area contributed by atoms with Crippen LogP contribution in [0.1, 0.15) is 44.0 Å². The molecule has 19 heavy (non-hydrogen) atoms. The SMILES string of the molecule is Cc1c(N)nc(C(C)C)nc1NCC1CCCOC1. The zero-order valence-corrected chi connectivity index (χ0v) is 12.1. The lowest BCUT2D eigenvalue weighted by molar-refractivity contribution is 0.0594. The number of rotatable bonds is 4. The van der Waals surface area contributed by atoms with Crippen LogP contribution in [0.4, 0.5) is 11.6 Å². The summed E-state index contributed by atoms with van der Waals surface area (Å²) in [5, 5.41) is 3.41. The van der Waals surface area contributed by atoms with E-state index in [-0.39, 0.29) is 5.92 Å². The van der Waals surface area contributed by atoms with Crippen LogP contribution >= 0.6 is 0 Å². The summed E-state index contributed by atoms with van der Waals surface area (Å²) in [6.45, 7) is 8.72. The maximum absolute atomic E-state index is 5.95. The lowest BCUT2D eigenvalue weighted by atomic mass is 10.0. The monoisotopic (exact) mass is 264 g/mol. The van der Waals surface area contributed by atoms with Crippen LogP contribution in [0.2, 0.25) is 0 Å². The fourth-order valence-electron chi connectivity index (χ4n) is 2.19. The molecule has 0 spiro atoms. The van der Waals surface area contributed by atoms with Crippen LogP contribution in [0.3, 0.4) is 0 Å². The predicted octanol–water partition coefficient (Wildman–Crippen LogP) is 2.33. The molecule has 1 unspecified atom stereocenters. The van der Waals surface area contributed by atoms with E-state index in [0.717, 1.165) is 43.4 Å². The van der Waals surface area contributed by atoms with Gasteiger partial charge in [0.2, 0.25) is 0 Å². The maximum Gasteiger partial charge on any atom is 0.135 e. The van der Waals surface area contributed by atoms with Gasteiger partial charge >= 0.3 is 0 Å². The van der Waals surface area contributed by atoms with Crippen molar-refractivity contribution in [2.24, 2.45) is 5.92 Å². The molecule has 1 aliphatic heterocycles. The first-order valence-electron chi connectivity index (χ1n) is 7.03. The second kappa shape index (κ2) is 6.19. The maximum atomic E-state index is 5.95. The molecule has 0 aromatic carbocycles. The topological polar surface area (TPSA) is 73.1 Å². The van der Waals surface area contributed by atoms with Crippen molar-refractivity contribution >= 4 is 11.6 Å². The molecule has 1 aromatic heterocycles. The van der Waals surface area contributed by atoms with E-state index in [1.807, 2.05) is 6.92 Å². The quantitative estimate of drug-likeness (QED) is 0.873. The molecule has 3 N–H and O–H groups in total. The third kappa shape index (κ3) is 3.56. The third-order valence-electron chi connectivity index (χ3n) is 3.53. The van der Waals surface area contributed by atoms with Crippen LogP contribution in [-0.4, -0.2) is 29.7 Å². The highest BCUT2D eigenvalue weighted by Crippen LogP contribution is 2.22. The molecule has 0 radical (unpaired) electrons. The van der Waals surface area contributed by atoms with Gasteiger partial charge in [0, 0.05) is 24.6 Å². The number of ether oxygens (including phenoxy) is 1. The minimum Gasteiger partial charge on any atom is -0.383 e. The molecule has 0 amide bonds. The summed E-state index contributed by atoms with van der Waals surface area (Å²) in [5.41, 5.74) is 6.88. The molecule has 1 atom stereocenters. The van der Waals surface area contributed by atoms with E-state index in [2.05, 4.69) is 29.1 Å². The molecule has 5 heteroatoms. The Labute approximate surface area is 115 Å². The number of hydrogen-bond acceptors (Lipinski definition) is 5. The molecule has 5 nitrogen and oxygen atoms in total. The van der Waals surface area contributed by atoms with Crippen LogP contribution in [-0.2, 0) is 4.74 Å². The number of nitrogens with zero attached hydrogens (tertiary/aromatic N) is 2. The van der Waals surface area contributed by atoms with Crippen molar-refractivity contribution in [3.63, 3.8) is 0 Å². The third-order valence-corrected chi connectivity index (χ3v) is 3.53. The Bertz CT molecular complexity index is 428. The van der Waals surface area contributed by atoms with Gasteiger partial charge < -0.3 is 15.8 Å². The average molecular weight is 264 g/mol. The number of aromatic nitrogens is 2. The summed E-state index contributed by atoms with van der Waals surface area (Å²) >= 11 is 0. The lowest BCUT2D eigenvalue weighted by Gasteiger charge is -2.23. The van der Waals surface area contributed by atoms with Gasteiger partial charge in [-0.05, 0) is 25.7 Å². The van der Waals surface area contributed by atoms with E-state index in [0.29, 0.717) is 11.7 Å².